The van der Waals surface area contributed by atoms with Gasteiger partial charge < -0.3 is 10.2 Å². The summed E-state index contributed by atoms with van der Waals surface area (Å²) in [5.74, 6) is 0.0454. The molecule has 1 aromatic heterocycles. The summed E-state index contributed by atoms with van der Waals surface area (Å²) < 4.78 is 24.4. The Kier molecular flexibility index (Phi) is 5.00. The molecule has 0 saturated carbocycles. The zero-order chi connectivity index (χ0) is 13.7. The lowest BCUT2D eigenvalue weighted by Crippen LogP contribution is -2.32. The lowest BCUT2D eigenvalue weighted by atomic mass is 10.3. The van der Waals surface area contributed by atoms with Crippen LogP contribution >= 0.6 is 0 Å². The molecular formula is C12H17F2N3O. The van der Waals surface area contributed by atoms with Gasteiger partial charge in [0.1, 0.15) is 11.5 Å². The number of hydrogen-bond donors (Lipinski definition) is 1. The van der Waals surface area contributed by atoms with Crippen molar-refractivity contribution in [1.82, 2.24) is 9.88 Å². The summed E-state index contributed by atoms with van der Waals surface area (Å²) in [4.78, 5) is 16.9. The van der Waals surface area contributed by atoms with Gasteiger partial charge in [0.15, 0.2) is 0 Å². The predicted molar refractivity (Wildman–Crippen MR) is 66.0 cm³/mol. The van der Waals surface area contributed by atoms with E-state index < -0.39 is 18.9 Å². The molecule has 0 aromatic carbocycles. The summed E-state index contributed by atoms with van der Waals surface area (Å²) in [6.07, 6.45) is -2.55. The van der Waals surface area contributed by atoms with Crippen LogP contribution in [0.15, 0.2) is 18.2 Å². The highest BCUT2D eigenvalue weighted by molar-refractivity contribution is 5.92. The highest BCUT2D eigenvalue weighted by atomic mass is 19.3. The third-order valence-corrected chi connectivity index (χ3v) is 2.16. The Labute approximate surface area is 105 Å². The summed E-state index contributed by atoms with van der Waals surface area (Å²) in [7, 11) is 1.33. The maximum Gasteiger partial charge on any atom is 0.272 e. The molecular weight excluding hydrogens is 240 g/mol. The van der Waals surface area contributed by atoms with E-state index in [9.17, 15) is 13.6 Å². The molecule has 1 amide bonds. The molecule has 100 valence electrons. The summed E-state index contributed by atoms with van der Waals surface area (Å²) >= 11 is 0. The molecule has 1 rings (SSSR count). The van der Waals surface area contributed by atoms with Crippen molar-refractivity contribution in [1.29, 1.82) is 0 Å². The average molecular weight is 257 g/mol. The molecule has 6 heteroatoms. The molecule has 4 nitrogen and oxygen atoms in total. The van der Waals surface area contributed by atoms with E-state index in [4.69, 9.17) is 0 Å². The molecule has 18 heavy (non-hydrogen) atoms. The fourth-order valence-electron chi connectivity index (χ4n) is 1.42. The number of carbonyl (C=O) groups excluding carboxylic acids is 1. The van der Waals surface area contributed by atoms with Gasteiger partial charge >= 0.3 is 0 Å². The van der Waals surface area contributed by atoms with Crippen molar-refractivity contribution in [2.45, 2.75) is 26.3 Å². The highest BCUT2D eigenvalue weighted by Gasteiger charge is 2.17. The highest BCUT2D eigenvalue weighted by Crippen LogP contribution is 2.09. The minimum atomic E-state index is -2.55. The first-order valence-corrected chi connectivity index (χ1v) is 5.67. The topological polar surface area (TPSA) is 45.2 Å². The van der Waals surface area contributed by atoms with E-state index in [1.165, 1.54) is 13.1 Å². The van der Waals surface area contributed by atoms with Crippen LogP contribution in [0.2, 0.25) is 0 Å². The van der Waals surface area contributed by atoms with Crippen LogP contribution in [0, 0.1) is 0 Å². The van der Waals surface area contributed by atoms with Gasteiger partial charge in [-0.2, -0.15) is 0 Å². The second kappa shape index (κ2) is 6.28. The smallest absolute Gasteiger partial charge is 0.272 e. The van der Waals surface area contributed by atoms with E-state index in [0.717, 1.165) is 4.90 Å². The number of halogens is 2. The number of nitrogens with one attached hydrogen (secondary N) is 1. The van der Waals surface area contributed by atoms with Crippen molar-refractivity contribution in [2.75, 3.05) is 18.9 Å². The fraction of sp³-hybridized carbons (Fsp3) is 0.500. The molecule has 0 saturated heterocycles. The predicted octanol–water partition coefficient (Wildman–Crippen LogP) is 2.24. The number of anilines is 1. The second-order valence-corrected chi connectivity index (χ2v) is 4.28. The van der Waals surface area contributed by atoms with Crippen LogP contribution in [-0.2, 0) is 0 Å². The van der Waals surface area contributed by atoms with Crippen LogP contribution in [0.1, 0.15) is 24.3 Å². The van der Waals surface area contributed by atoms with Crippen LogP contribution in [0.5, 0.6) is 0 Å². The molecule has 1 heterocycles. The van der Waals surface area contributed by atoms with Gasteiger partial charge in [-0.25, -0.2) is 13.8 Å². The van der Waals surface area contributed by atoms with E-state index in [1.54, 1.807) is 12.1 Å². The van der Waals surface area contributed by atoms with Crippen molar-refractivity contribution >= 4 is 11.7 Å². The Morgan fingerprint density at radius 1 is 1.44 bits per heavy atom. The van der Waals surface area contributed by atoms with E-state index in [2.05, 4.69) is 10.3 Å². The largest absolute Gasteiger partial charge is 0.368 e. The van der Waals surface area contributed by atoms with Crippen LogP contribution in [-0.4, -0.2) is 41.9 Å². The van der Waals surface area contributed by atoms with Crippen LogP contribution in [0.4, 0.5) is 14.6 Å². The number of aromatic nitrogens is 1. The maximum atomic E-state index is 12.2. The maximum absolute atomic E-state index is 12.2. The summed E-state index contributed by atoms with van der Waals surface area (Å²) in [6, 6.07) is 5.09. The van der Waals surface area contributed by atoms with Gasteiger partial charge in [0.25, 0.3) is 12.3 Å². The van der Waals surface area contributed by atoms with Crippen molar-refractivity contribution < 1.29 is 13.6 Å². The summed E-state index contributed by atoms with van der Waals surface area (Å²) in [6.45, 7) is 3.29. The Morgan fingerprint density at radius 2 is 2.11 bits per heavy atom. The van der Waals surface area contributed by atoms with Gasteiger partial charge in [-0.1, -0.05) is 6.07 Å². The van der Waals surface area contributed by atoms with Gasteiger partial charge in [-0.15, -0.1) is 0 Å². The van der Waals surface area contributed by atoms with E-state index in [1.807, 2.05) is 13.8 Å². The number of rotatable bonds is 5. The van der Waals surface area contributed by atoms with Gasteiger partial charge in [0, 0.05) is 13.1 Å². The first kappa shape index (κ1) is 14.3. The SMILES string of the molecule is CC(C)Nc1cccc(C(=O)N(C)CC(F)F)n1. The van der Waals surface area contributed by atoms with Crippen LogP contribution < -0.4 is 5.32 Å². The monoisotopic (exact) mass is 257 g/mol. The summed E-state index contributed by atoms with van der Waals surface area (Å²) in [5, 5.41) is 3.05. The first-order valence-electron chi connectivity index (χ1n) is 5.67. The Balaban J connectivity index is 2.79. The van der Waals surface area contributed by atoms with Crippen LogP contribution in [0.25, 0.3) is 0 Å². The Bertz CT molecular complexity index is 410. The number of carbonyl (C=O) groups is 1. The zero-order valence-electron chi connectivity index (χ0n) is 10.7. The van der Waals surface area contributed by atoms with E-state index >= 15 is 0 Å². The quantitative estimate of drug-likeness (QED) is 0.879. The molecule has 0 fully saturated rings. The lowest BCUT2D eigenvalue weighted by molar-refractivity contribution is 0.0615. The van der Waals surface area contributed by atoms with Gasteiger partial charge in [-0.05, 0) is 26.0 Å². The van der Waals surface area contributed by atoms with Crippen molar-refractivity contribution in [3.8, 4) is 0 Å². The number of hydrogen-bond acceptors (Lipinski definition) is 3. The van der Waals surface area contributed by atoms with Crippen molar-refractivity contribution in [3.05, 3.63) is 23.9 Å². The molecule has 0 radical (unpaired) electrons. The van der Waals surface area contributed by atoms with Gasteiger partial charge in [0.05, 0.1) is 6.54 Å². The van der Waals surface area contributed by atoms with Crippen molar-refractivity contribution in [3.63, 3.8) is 0 Å². The van der Waals surface area contributed by atoms with Crippen molar-refractivity contribution in [2.24, 2.45) is 0 Å². The molecule has 1 N–H and O–H groups in total. The average Bonchev–Trinajstić information content (AvgIpc) is 2.26. The van der Waals surface area contributed by atoms with E-state index in [-0.39, 0.29) is 11.7 Å². The fourth-order valence-corrected chi connectivity index (χ4v) is 1.42. The zero-order valence-corrected chi connectivity index (χ0v) is 10.7. The van der Waals surface area contributed by atoms with E-state index in [0.29, 0.717) is 5.82 Å². The molecule has 0 aliphatic heterocycles. The van der Waals surface area contributed by atoms with Gasteiger partial charge in [-0.3, -0.25) is 4.79 Å². The number of alkyl halides is 2. The molecule has 0 spiro atoms. The third-order valence-electron chi connectivity index (χ3n) is 2.16. The lowest BCUT2D eigenvalue weighted by Gasteiger charge is -2.16. The number of pyridine rings is 1. The molecule has 0 bridgehead atoms. The standard InChI is InChI=1S/C12H17F2N3O/c1-8(2)15-11-6-4-5-9(16-11)12(18)17(3)7-10(13)14/h4-6,8,10H,7H2,1-3H3,(H,15,16). The number of amides is 1. The molecule has 0 aliphatic carbocycles. The Morgan fingerprint density at radius 3 is 2.67 bits per heavy atom. The minimum Gasteiger partial charge on any atom is -0.368 e. The Hall–Kier alpha value is -1.72. The third kappa shape index (κ3) is 4.27. The first-order chi connectivity index (χ1) is 8.40. The molecule has 0 atom stereocenters. The van der Waals surface area contributed by atoms with Crippen LogP contribution in [0.3, 0.4) is 0 Å². The number of nitrogens with zero attached hydrogens (tertiary/aromatic N) is 2. The molecule has 1 aromatic rings. The van der Waals surface area contributed by atoms with Gasteiger partial charge in [0.2, 0.25) is 0 Å². The second-order valence-electron chi connectivity index (χ2n) is 4.28. The molecule has 0 aliphatic rings. The minimum absolute atomic E-state index is 0.156. The normalized spacial score (nSPS) is 10.8. The summed E-state index contributed by atoms with van der Waals surface area (Å²) in [5.41, 5.74) is 0.156. The molecule has 0 unspecified atom stereocenters.